The van der Waals surface area contributed by atoms with E-state index >= 15 is 0 Å². The van der Waals surface area contributed by atoms with E-state index in [-0.39, 0.29) is 5.75 Å². The van der Waals surface area contributed by atoms with Gasteiger partial charge in [0.25, 0.3) is 0 Å². The lowest BCUT2D eigenvalue weighted by molar-refractivity contribution is 0.475. The van der Waals surface area contributed by atoms with E-state index in [4.69, 9.17) is 11.6 Å². The molecule has 0 aliphatic rings. The lowest BCUT2D eigenvalue weighted by Crippen LogP contribution is -2.01. The van der Waals surface area contributed by atoms with Crippen LogP contribution < -0.4 is 5.32 Å². The van der Waals surface area contributed by atoms with Crippen molar-refractivity contribution in [3.8, 4) is 5.75 Å². The molecule has 0 aliphatic heterocycles. The minimum Gasteiger partial charge on any atom is -0.506 e. The van der Waals surface area contributed by atoms with E-state index in [2.05, 4.69) is 16.4 Å². The van der Waals surface area contributed by atoms with Gasteiger partial charge in [-0.25, -0.2) is 0 Å². The summed E-state index contributed by atoms with van der Waals surface area (Å²) in [5.41, 5.74) is 2.78. The first-order valence-corrected chi connectivity index (χ1v) is 6.67. The van der Waals surface area contributed by atoms with Gasteiger partial charge in [0, 0.05) is 11.1 Å². The predicted octanol–water partition coefficient (Wildman–Crippen LogP) is 4.21. The maximum Gasteiger partial charge on any atom is 0.134 e. The number of hydrogen-bond acceptors (Lipinski definition) is 3. The van der Waals surface area contributed by atoms with Crippen molar-refractivity contribution in [3.63, 3.8) is 0 Å². The molecular formula is C16H13ClN2O. The fourth-order valence-electron chi connectivity index (χ4n) is 2.02. The van der Waals surface area contributed by atoms with Crippen LogP contribution in [0.5, 0.6) is 5.75 Å². The molecule has 3 rings (SSSR count). The van der Waals surface area contributed by atoms with Crippen molar-refractivity contribution in [2.75, 3.05) is 5.32 Å². The van der Waals surface area contributed by atoms with Crippen LogP contribution in [0.4, 0.5) is 5.69 Å². The third-order valence-corrected chi connectivity index (χ3v) is 3.38. The average Bonchev–Trinajstić information content (AvgIpc) is 2.48. The number of rotatable bonds is 3. The van der Waals surface area contributed by atoms with Crippen molar-refractivity contribution < 1.29 is 5.11 Å². The first kappa shape index (κ1) is 12.8. The lowest BCUT2D eigenvalue weighted by Gasteiger charge is -2.08. The first-order chi connectivity index (χ1) is 9.72. The molecule has 1 heterocycles. The van der Waals surface area contributed by atoms with Crippen LogP contribution in [0.2, 0.25) is 5.02 Å². The maximum atomic E-state index is 9.38. The van der Waals surface area contributed by atoms with Crippen LogP contribution in [0, 0.1) is 0 Å². The minimum atomic E-state index is 0.0843. The number of fused-ring (bicyclic) bond motifs is 1. The Morgan fingerprint density at radius 3 is 2.75 bits per heavy atom. The monoisotopic (exact) mass is 284 g/mol. The van der Waals surface area contributed by atoms with E-state index in [0.29, 0.717) is 11.6 Å². The zero-order chi connectivity index (χ0) is 13.9. The van der Waals surface area contributed by atoms with E-state index in [0.717, 1.165) is 22.3 Å². The molecule has 0 saturated carbocycles. The summed E-state index contributed by atoms with van der Waals surface area (Å²) in [5, 5.41) is 14.1. The molecule has 0 amide bonds. The molecule has 2 N–H and O–H groups in total. The number of hydrogen-bond donors (Lipinski definition) is 2. The number of nitrogens with one attached hydrogen (secondary N) is 1. The lowest BCUT2D eigenvalue weighted by atomic mass is 10.2. The number of pyridine rings is 1. The molecule has 0 unspecified atom stereocenters. The molecule has 20 heavy (non-hydrogen) atoms. The number of aromatic nitrogens is 1. The average molecular weight is 285 g/mol. The number of aromatic hydroxyl groups is 1. The Morgan fingerprint density at radius 1 is 1.05 bits per heavy atom. The van der Waals surface area contributed by atoms with Crippen molar-refractivity contribution in [1.29, 1.82) is 0 Å². The van der Waals surface area contributed by atoms with Gasteiger partial charge in [-0.05, 0) is 30.3 Å². The van der Waals surface area contributed by atoms with Crippen molar-refractivity contribution in [2.24, 2.45) is 0 Å². The molecule has 0 bridgehead atoms. The fraction of sp³-hybridized carbons (Fsp3) is 0.0625. The topological polar surface area (TPSA) is 45.1 Å². The Balaban J connectivity index is 1.77. The number of halogens is 1. The Morgan fingerprint density at radius 2 is 1.90 bits per heavy atom. The van der Waals surface area contributed by atoms with Crippen LogP contribution in [0.3, 0.4) is 0 Å². The highest BCUT2D eigenvalue weighted by molar-refractivity contribution is 6.32. The third kappa shape index (κ3) is 2.68. The number of phenolic OH excluding ortho intramolecular Hbond substituents is 1. The van der Waals surface area contributed by atoms with Crippen LogP contribution in [-0.2, 0) is 6.54 Å². The predicted molar refractivity (Wildman–Crippen MR) is 82.2 cm³/mol. The molecule has 1 aromatic heterocycles. The highest BCUT2D eigenvalue weighted by Gasteiger charge is 2.01. The van der Waals surface area contributed by atoms with E-state index in [9.17, 15) is 5.11 Å². The first-order valence-electron chi connectivity index (χ1n) is 6.29. The number of nitrogens with zero attached hydrogens (tertiary/aromatic N) is 1. The zero-order valence-corrected chi connectivity index (χ0v) is 11.4. The van der Waals surface area contributed by atoms with Gasteiger partial charge in [-0.3, -0.25) is 4.98 Å². The summed E-state index contributed by atoms with van der Waals surface area (Å²) in [7, 11) is 0. The molecule has 3 aromatic rings. The van der Waals surface area contributed by atoms with Gasteiger partial charge >= 0.3 is 0 Å². The molecule has 4 heteroatoms. The summed E-state index contributed by atoms with van der Waals surface area (Å²) >= 11 is 5.87. The van der Waals surface area contributed by atoms with Crippen molar-refractivity contribution in [3.05, 3.63) is 65.3 Å². The number of phenols is 1. The second kappa shape index (κ2) is 5.39. The van der Waals surface area contributed by atoms with E-state index in [1.807, 2.05) is 30.3 Å². The van der Waals surface area contributed by atoms with Gasteiger partial charge in [0.15, 0.2) is 0 Å². The Labute approximate surface area is 121 Å². The van der Waals surface area contributed by atoms with Crippen molar-refractivity contribution >= 4 is 28.2 Å². The number of para-hydroxylation sites is 1. The van der Waals surface area contributed by atoms with Crippen LogP contribution in [0.1, 0.15) is 5.69 Å². The van der Waals surface area contributed by atoms with Crippen LogP contribution in [0.15, 0.2) is 54.6 Å². The van der Waals surface area contributed by atoms with Crippen LogP contribution >= 0.6 is 11.6 Å². The molecule has 0 radical (unpaired) electrons. The second-order valence-electron chi connectivity index (χ2n) is 4.52. The van der Waals surface area contributed by atoms with Crippen LogP contribution in [0.25, 0.3) is 10.9 Å². The Kier molecular flexibility index (Phi) is 3.44. The SMILES string of the molecule is Oc1ccc(NCc2ccc3ccccc3n2)cc1Cl. The van der Waals surface area contributed by atoms with Gasteiger partial charge in [-0.15, -0.1) is 0 Å². The van der Waals surface area contributed by atoms with Gasteiger partial charge in [0.1, 0.15) is 5.75 Å². The number of benzene rings is 2. The molecule has 0 fully saturated rings. The summed E-state index contributed by atoms with van der Waals surface area (Å²) < 4.78 is 0. The smallest absolute Gasteiger partial charge is 0.134 e. The van der Waals surface area contributed by atoms with Gasteiger partial charge in [-0.1, -0.05) is 35.9 Å². The minimum absolute atomic E-state index is 0.0843. The van der Waals surface area contributed by atoms with Crippen molar-refractivity contribution in [2.45, 2.75) is 6.54 Å². The summed E-state index contributed by atoms with van der Waals surface area (Å²) in [6.45, 7) is 0.603. The molecule has 0 aliphatic carbocycles. The van der Waals surface area contributed by atoms with E-state index < -0.39 is 0 Å². The largest absolute Gasteiger partial charge is 0.506 e. The molecular weight excluding hydrogens is 272 g/mol. The maximum absolute atomic E-state index is 9.38. The Hall–Kier alpha value is -2.26. The van der Waals surface area contributed by atoms with E-state index in [1.165, 1.54) is 0 Å². The molecule has 0 saturated heterocycles. The normalized spacial score (nSPS) is 10.7. The highest BCUT2D eigenvalue weighted by atomic mass is 35.5. The van der Waals surface area contributed by atoms with Gasteiger partial charge < -0.3 is 10.4 Å². The third-order valence-electron chi connectivity index (χ3n) is 3.08. The molecule has 2 aromatic carbocycles. The summed E-state index contributed by atoms with van der Waals surface area (Å²) in [6.07, 6.45) is 0. The van der Waals surface area contributed by atoms with Gasteiger partial charge in [0.05, 0.1) is 22.8 Å². The quantitative estimate of drug-likeness (QED) is 0.708. The standard InChI is InChI=1S/C16H13ClN2O/c17-14-9-12(7-8-16(14)20)18-10-13-6-5-11-3-1-2-4-15(11)19-13/h1-9,18,20H,10H2. The summed E-state index contributed by atoms with van der Waals surface area (Å²) in [4.78, 5) is 4.59. The van der Waals surface area contributed by atoms with Gasteiger partial charge in [0.2, 0.25) is 0 Å². The molecule has 100 valence electrons. The van der Waals surface area contributed by atoms with Crippen molar-refractivity contribution in [1.82, 2.24) is 4.98 Å². The molecule has 3 nitrogen and oxygen atoms in total. The highest BCUT2D eigenvalue weighted by Crippen LogP contribution is 2.26. The summed E-state index contributed by atoms with van der Waals surface area (Å²) in [5.74, 6) is 0.0843. The number of anilines is 1. The summed E-state index contributed by atoms with van der Waals surface area (Å²) in [6, 6.07) is 17.1. The van der Waals surface area contributed by atoms with Gasteiger partial charge in [-0.2, -0.15) is 0 Å². The fourth-order valence-corrected chi connectivity index (χ4v) is 2.20. The molecule has 0 spiro atoms. The zero-order valence-electron chi connectivity index (χ0n) is 10.7. The second-order valence-corrected chi connectivity index (χ2v) is 4.92. The van der Waals surface area contributed by atoms with E-state index in [1.54, 1.807) is 18.2 Å². The Bertz CT molecular complexity index is 758. The van der Waals surface area contributed by atoms with Crippen LogP contribution in [-0.4, -0.2) is 10.1 Å². The molecule has 0 atom stereocenters.